The number of amides is 2. The minimum atomic E-state index is -4.19. The predicted molar refractivity (Wildman–Crippen MR) is 79.7 cm³/mol. The highest BCUT2D eigenvalue weighted by Gasteiger charge is 2.40. The van der Waals surface area contributed by atoms with Crippen LogP contribution in [0.3, 0.4) is 0 Å². The summed E-state index contributed by atoms with van der Waals surface area (Å²) in [6.45, 7) is 1.82. The van der Waals surface area contributed by atoms with Gasteiger partial charge >= 0.3 is 0 Å². The van der Waals surface area contributed by atoms with Crippen LogP contribution in [0.5, 0.6) is 0 Å². The van der Waals surface area contributed by atoms with E-state index in [1.807, 2.05) is 6.92 Å². The number of nitrogens with zero attached hydrogens (tertiary/aromatic N) is 1. The first-order valence-electron chi connectivity index (χ1n) is 6.68. The molecule has 1 aliphatic rings. The normalized spacial score (nSPS) is 14.9. The van der Waals surface area contributed by atoms with Crippen molar-refractivity contribution >= 4 is 21.8 Å². The molecule has 0 spiro atoms. The lowest BCUT2D eigenvalue weighted by atomic mass is 10.0. The van der Waals surface area contributed by atoms with Gasteiger partial charge in [0, 0.05) is 5.56 Å². The van der Waals surface area contributed by atoms with E-state index in [2.05, 4.69) is 0 Å². The van der Waals surface area contributed by atoms with Gasteiger partial charge in [-0.15, -0.1) is 0 Å². The summed E-state index contributed by atoms with van der Waals surface area (Å²) in [5.41, 5.74) is 1.69. The number of hydrogen-bond donors (Lipinski definition) is 0. The predicted octanol–water partition coefficient (Wildman–Crippen LogP) is 1.91. The average Bonchev–Trinajstić information content (AvgIpc) is 2.47. The zero-order valence-corrected chi connectivity index (χ0v) is 12.6. The number of hydrogen-bond acceptors (Lipinski definition) is 4. The van der Waals surface area contributed by atoms with Crippen LogP contribution in [-0.2, 0) is 21.2 Å². The molecule has 112 valence electrons. The van der Waals surface area contributed by atoms with Crippen molar-refractivity contribution in [3.63, 3.8) is 0 Å². The summed E-state index contributed by atoms with van der Waals surface area (Å²) in [6, 6.07) is 12.6. The van der Waals surface area contributed by atoms with Gasteiger partial charge < -0.3 is 0 Å². The molecule has 2 amide bonds. The second-order valence-electron chi connectivity index (χ2n) is 5.12. The smallest absolute Gasteiger partial charge is 0.273 e. The number of carbonyl (C=O) groups is 2. The van der Waals surface area contributed by atoms with Crippen LogP contribution < -0.4 is 0 Å². The fourth-order valence-corrected chi connectivity index (χ4v) is 3.74. The number of rotatable bonds is 2. The Morgan fingerprint density at radius 1 is 0.955 bits per heavy atom. The largest absolute Gasteiger partial charge is 0.274 e. The summed E-state index contributed by atoms with van der Waals surface area (Å²) in [5, 5.41) is 0. The van der Waals surface area contributed by atoms with Crippen molar-refractivity contribution in [1.82, 2.24) is 4.31 Å². The quantitative estimate of drug-likeness (QED) is 0.794. The van der Waals surface area contributed by atoms with E-state index in [-0.39, 0.29) is 16.9 Å². The number of fused-ring (bicyclic) bond motifs is 1. The van der Waals surface area contributed by atoms with Crippen molar-refractivity contribution in [3.05, 3.63) is 65.2 Å². The maximum atomic E-state index is 12.6. The van der Waals surface area contributed by atoms with Crippen LogP contribution >= 0.6 is 0 Å². The van der Waals surface area contributed by atoms with Gasteiger partial charge in [0.2, 0.25) is 5.91 Å². The Labute approximate surface area is 128 Å². The molecule has 0 N–H and O–H groups in total. The summed E-state index contributed by atoms with van der Waals surface area (Å²) < 4.78 is 25.6. The molecule has 2 aromatic carbocycles. The molecule has 3 rings (SSSR count). The van der Waals surface area contributed by atoms with Gasteiger partial charge in [-0.3, -0.25) is 9.59 Å². The minimum absolute atomic E-state index is 0.0702. The van der Waals surface area contributed by atoms with Gasteiger partial charge in [0.1, 0.15) is 0 Å². The molecule has 0 radical (unpaired) electrons. The molecule has 0 aliphatic carbocycles. The first kappa shape index (κ1) is 14.5. The molecule has 22 heavy (non-hydrogen) atoms. The summed E-state index contributed by atoms with van der Waals surface area (Å²) >= 11 is 0. The summed E-state index contributed by atoms with van der Waals surface area (Å²) in [6.07, 6.45) is -0.104. The molecule has 5 nitrogen and oxygen atoms in total. The highest BCUT2D eigenvalue weighted by Crippen LogP contribution is 2.25. The van der Waals surface area contributed by atoms with Crippen LogP contribution in [0.1, 0.15) is 21.5 Å². The molecule has 1 heterocycles. The number of carbonyl (C=O) groups excluding carboxylic acids is 2. The molecule has 2 aromatic rings. The molecule has 1 aliphatic heterocycles. The zero-order valence-electron chi connectivity index (χ0n) is 11.8. The summed E-state index contributed by atoms with van der Waals surface area (Å²) in [4.78, 5) is 24.6. The van der Waals surface area contributed by atoms with Crippen LogP contribution in [0, 0.1) is 6.92 Å². The third-order valence-corrected chi connectivity index (χ3v) is 5.28. The van der Waals surface area contributed by atoms with Gasteiger partial charge in [0.05, 0.1) is 11.3 Å². The third kappa shape index (κ3) is 2.21. The number of imide groups is 1. The standard InChI is InChI=1S/C16H13NO4S/c1-11-6-8-13(9-7-11)22(20,21)17-15(18)10-12-4-2-3-5-14(12)16(17)19/h2-9H,10H2,1H3. The molecule has 0 bridgehead atoms. The molecule has 0 fully saturated rings. The van der Waals surface area contributed by atoms with Crippen molar-refractivity contribution in [2.24, 2.45) is 0 Å². The SMILES string of the molecule is Cc1ccc(S(=O)(=O)N2C(=O)Cc3ccccc3C2=O)cc1. The van der Waals surface area contributed by atoms with Gasteiger partial charge in [-0.25, -0.2) is 8.42 Å². The third-order valence-electron chi connectivity index (χ3n) is 3.56. The lowest BCUT2D eigenvalue weighted by molar-refractivity contribution is -0.124. The minimum Gasteiger partial charge on any atom is -0.273 e. The van der Waals surface area contributed by atoms with E-state index < -0.39 is 21.8 Å². The Morgan fingerprint density at radius 3 is 2.27 bits per heavy atom. The Kier molecular flexibility index (Phi) is 3.33. The van der Waals surface area contributed by atoms with Crippen molar-refractivity contribution in [2.75, 3.05) is 0 Å². The monoisotopic (exact) mass is 315 g/mol. The molecule has 0 saturated heterocycles. The first-order valence-corrected chi connectivity index (χ1v) is 8.12. The van der Waals surface area contributed by atoms with E-state index in [4.69, 9.17) is 0 Å². The second-order valence-corrected chi connectivity index (χ2v) is 6.90. The number of benzene rings is 2. The Balaban J connectivity index is 2.10. The van der Waals surface area contributed by atoms with Crippen molar-refractivity contribution in [3.8, 4) is 0 Å². The van der Waals surface area contributed by atoms with E-state index in [9.17, 15) is 18.0 Å². The second kappa shape index (κ2) is 5.06. The number of sulfonamides is 1. The molecular weight excluding hydrogens is 302 g/mol. The van der Waals surface area contributed by atoms with Crippen LogP contribution in [0.2, 0.25) is 0 Å². The van der Waals surface area contributed by atoms with E-state index in [1.165, 1.54) is 18.2 Å². The molecule has 0 saturated carbocycles. The maximum absolute atomic E-state index is 12.6. The van der Waals surface area contributed by atoms with Crippen LogP contribution in [-0.4, -0.2) is 24.5 Å². The number of aryl methyl sites for hydroxylation is 1. The topological polar surface area (TPSA) is 71.5 Å². The van der Waals surface area contributed by atoms with Gasteiger partial charge in [0.15, 0.2) is 0 Å². The Morgan fingerprint density at radius 2 is 1.59 bits per heavy atom. The lowest BCUT2D eigenvalue weighted by Crippen LogP contribution is -2.46. The fraction of sp³-hybridized carbons (Fsp3) is 0.125. The molecule has 0 atom stereocenters. The van der Waals surface area contributed by atoms with E-state index in [0.29, 0.717) is 9.87 Å². The molecule has 0 unspecified atom stereocenters. The van der Waals surface area contributed by atoms with Crippen molar-refractivity contribution in [1.29, 1.82) is 0 Å². The van der Waals surface area contributed by atoms with Gasteiger partial charge in [-0.05, 0) is 30.7 Å². The molecule has 0 aromatic heterocycles. The van der Waals surface area contributed by atoms with Crippen LogP contribution in [0.4, 0.5) is 0 Å². The summed E-state index contributed by atoms with van der Waals surface area (Å²) in [5.74, 6) is -1.53. The average molecular weight is 315 g/mol. The summed E-state index contributed by atoms with van der Waals surface area (Å²) in [7, 11) is -4.19. The lowest BCUT2D eigenvalue weighted by Gasteiger charge is -2.26. The molecular formula is C16H13NO4S. The Bertz CT molecular complexity index is 869. The molecule has 6 heteroatoms. The van der Waals surface area contributed by atoms with Gasteiger partial charge in [-0.1, -0.05) is 35.9 Å². The van der Waals surface area contributed by atoms with Crippen LogP contribution in [0.25, 0.3) is 0 Å². The van der Waals surface area contributed by atoms with Crippen molar-refractivity contribution < 1.29 is 18.0 Å². The maximum Gasteiger partial charge on any atom is 0.274 e. The van der Waals surface area contributed by atoms with E-state index in [0.717, 1.165) is 5.56 Å². The highest BCUT2D eigenvalue weighted by molar-refractivity contribution is 7.90. The van der Waals surface area contributed by atoms with Crippen molar-refractivity contribution in [2.45, 2.75) is 18.2 Å². The first-order chi connectivity index (χ1) is 10.4. The van der Waals surface area contributed by atoms with E-state index >= 15 is 0 Å². The Hall–Kier alpha value is -2.47. The van der Waals surface area contributed by atoms with Crippen LogP contribution in [0.15, 0.2) is 53.4 Å². The van der Waals surface area contributed by atoms with Gasteiger partial charge in [-0.2, -0.15) is 4.31 Å². The fourth-order valence-electron chi connectivity index (χ4n) is 2.40. The van der Waals surface area contributed by atoms with Gasteiger partial charge in [0.25, 0.3) is 15.9 Å². The van der Waals surface area contributed by atoms with E-state index in [1.54, 1.807) is 30.3 Å². The highest BCUT2D eigenvalue weighted by atomic mass is 32.2. The zero-order chi connectivity index (χ0) is 15.9.